The zero-order valence-electron chi connectivity index (χ0n) is 15.3. The number of hydrogen-bond acceptors (Lipinski definition) is 6. The van der Waals surface area contributed by atoms with Crippen LogP contribution in [-0.2, 0) is 7.05 Å². The number of ether oxygens (including phenoxy) is 1. The number of fused-ring (bicyclic) bond motifs is 2. The molecular formula is C20H17N7O. The monoisotopic (exact) mass is 371 g/mol. The molecule has 8 heteroatoms. The molecular weight excluding hydrogens is 354 g/mol. The molecule has 0 spiro atoms. The van der Waals surface area contributed by atoms with Crippen molar-refractivity contribution in [1.29, 1.82) is 0 Å². The highest BCUT2D eigenvalue weighted by Gasteiger charge is 2.14. The minimum Gasteiger partial charge on any atom is -0.497 e. The molecule has 0 fully saturated rings. The van der Waals surface area contributed by atoms with Gasteiger partial charge < -0.3 is 15.0 Å². The lowest BCUT2D eigenvalue weighted by molar-refractivity contribution is 0.415. The van der Waals surface area contributed by atoms with Gasteiger partial charge >= 0.3 is 0 Å². The van der Waals surface area contributed by atoms with E-state index in [2.05, 4.69) is 20.4 Å². The second-order valence-electron chi connectivity index (χ2n) is 6.40. The fourth-order valence-corrected chi connectivity index (χ4v) is 3.15. The second-order valence-corrected chi connectivity index (χ2v) is 6.40. The van der Waals surface area contributed by atoms with Crippen LogP contribution in [0.15, 0.2) is 55.0 Å². The lowest BCUT2D eigenvalue weighted by Crippen LogP contribution is -2.01. The van der Waals surface area contributed by atoms with E-state index in [-0.39, 0.29) is 0 Å². The Morgan fingerprint density at radius 3 is 2.93 bits per heavy atom. The van der Waals surface area contributed by atoms with E-state index in [0.717, 1.165) is 39.1 Å². The van der Waals surface area contributed by atoms with Crippen molar-refractivity contribution < 1.29 is 4.74 Å². The molecule has 0 bridgehead atoms. The Hall–Kier alpha value is -3.94. The van der Waals surface area contributed by atoms with Crippen molar-refractivity contribution >= 4 is 33.6 Å². The normalized spacial score (nSPS) is 11.2. The van der Waals surface area contributed by atoms with Crippen LogP contribution in [0, 0.1) is 0 Å². The number of rotatable bonds is 4. The standard InChI is InChI=1S/C20H17N7O/c1-27-20-16(11-23-27)19(24-14-4-3-5-15(9-14)28-2)25-18(26-20)13-8-12-6-7-21-17(12)22-10-13/h3-11H,1-2H3,(H,21,22)(H,24,25,26). The summed E-state index contributed by atoms with van der Waals surface area (Å²) < 4.78 is 7.05. The van der Waals surface area contributed by atoms with Crippen LogP contribution < -0.4 is 10.1 Å². The van der Waals surface area contributed by atoms with Crippen molar-refractivity contribution in [3.05, 3.63) is 55.0 Å². The zero-order chi connectivity index (χ0) is 19.1. The Bertz CT molecular complexity index is 1300. The van der Waals surface area contributed by atoms with E-state index in [1.54, 1.807) is 24.2 Å². The van der Waals surface area contributed by atoms with Crippen molar-refractivity contribution in [3.63, 3.8) is 0 Å². The summed E-state index contributed by atoms with van der Waals surface area (Å²) in [5.41, 5.74) is 3.28. The summed E-state index contributed by atoms with van der Waals surface area (Å²) in [7, 11) is 3.51. The molecule has 0 saturated carbocycles. The first-order chi connectivity index (χ1) is 13.7. The highest BCUT2D eigenvalue weighted by Crippen LogP contribution is 2.29. The van der Waals surface area contributed by atoms with Crippen molar-refractivity contribution in [2.45, 2.75) is 0 Å². The number of aromatic amines is 1. The Morgan fingerprint density at radius 2 is 2.04 bits per heavy atom. The third kappa shape index (κ3) is 2.71. The summed E-state index contributed by atoms with van der Waals surface area (Å²) >= 11 is 0. The van der Waals surface area contributed by atoms with E-state index in [1.807, 2.05) is 49.6 Å². The Labute approximate surface area is 160 Å². The summed E-state index contributed by atoms with van der Waals surface area (Å²) in [6.45, 7) is 0. The first kappa shape index (κ1) is 16.2. The minimum absolute atomic E-state index is 0.581. The summed E-state index contributed by atoms with van der Waals surface area (Å²) in [4.78, 5) is 17.0. The summed E-state index contributed by atoms with van der Waals surface area (Å²) in [6, 6.07) is 11.7. The maximum absolute atomic E-state index is 5.31. The van der Waals surface area contributed by atoms with E-state index in [4.69, 9.17) is 14.7 Å². The highest BCUT2D eigenvalue weighted by molar-refractivity contribution is 5.90. The predicted molar refractivity (Wildman–Crippen MR) is 108 cm³/mol. The van der Waals surface area contributed by atoms with E-state index in [1.165, 1.54) is 0 Å². The van der Waals surface area contributed by atoms with Gasteiger partial charge in [-0.2, -0.15) is 5.10 Å². The molecule has 0 unspecified atom stereocenters. The van der Waals surface area contributed by atoms with Gasteiger partial charge in [0.15, 0.2) is 11.5 Å². The van der Waals surface area contributed by atoms with Crippen molar-refractivity contribution in [2.24, 2.45) is 7.05 Å². The van der Waals surface area contributed by atoms with Crippen LogP contribution in [0.4, 0.5) is 11.5 Å². The fourth-order valence-electron chi connectivity index (χ4n) is 3.15. The van der Waals surface area contributed by atoms with Gasteiger partial charge in [-0.1, -0.05) is 6.07 Å². The zero-order valence-corrected chi connectivity index (χ0v) is 15.3. The molecule has 5 rings (SSSR count). The second kappa shape index (κ2) is 6.34. The maximum atomic E-state index is 5.31. The van der Waals surface area contributed by atoms with Crippen LogP contribution in [0.3, 0.4) is 0 Å². The molecule has 8 nitrogen and oxygen atoms in total. The van der Waals surface area contributed by atoms with Gasteiger partial charge in [0.05, 0.1) is 18.7 Å². The Morgan fingerprint density at radius 1 is 1.11 bits per heavy atom. The molecule has 2 N–H and O–H groups in total. The van der Waals surface area contributed by atoms with Crippen LogP contribution in [0.5, 0.6) is 5.75 Å². The van der Waals surface area contributed by atoms with E-state index in [9.17, 15) is 0 Å². The Kier molecular flexibility index (Phi) is 3.68. The Balaban J connectivity index is 1.65. The van der Waals surface area contributed by atoms with E-state index >= 15 is 0 Å². The van der Waals surface area contributed by atoms with E-state index in [0.29, 0.717) is 11.6 Å². The first-order valence-corrected chi connectivity index (χ1v) is 8.75. The molecule has 0 saturated heterocycles. The molecule has 0 aliphatic carbocycles. The topological polar surface area (TPSA) is 93.5 Å². The highest BCUT2D eigenvalue weighted by atomic mass is 16.5. The average Bonchev–Trinajstić information content (AvgIpc) is 3.34. The number of anilines is 2. The predicted octanol–water partition coefficient (Wildman–Crippen LogP) is 3.66. The number of pyridine rings is 1. The van der Waals surface area contributed by atoms with Gasteiger partial charge in [-0.05, 0) is 24.3 Å². The van der Waals surface area contributed by atoms with Gasteiger partial charge in [0.25, 0.3) is 0 Å². The van der Waals surface area contributed by atoms with Gasteiger partial charge in [-0.3, -0.25) is 4.68 Å². The van der Waals surface area contributed by atoms with Crippen molar-refractivity contribution in [1.82, 2.24) is 29.7 Å². The van der Waals surface area contributed by atoms with Crippen molar-refractivity contribution in [3.8, 4) is 17.1 Å². The SMILES string of the molecule is COc1cccc(Nc2nc(-c3cnc4[nH]ccc4c3)nc3c2cnn3C)c1. The number of methoxy groups -OCH3 is 1. The molecule has 0 aliphatic heterocycles. The number of hydrogen-bond donors (Lipinski definition) is 2. The molecule has 0 amide bonds. The first-order valence-electron chi connectivity index (χ1n) is 8.75. The average molecular weight is 371 g/mol. The largest absolute Gasteiger partial charge is 0.497 e. The van der Waals surface area contributed by atoms with Gasteiger partial charge in [0.1, 0.15) is 17.2 Å². The van der Waals surface area contributed by atoms with Crippen LogP contribution in [0.25, 0.3) is 33.5 Å². The van der Waals surface area contributed by atoms with Crippen molar-refractivity contribution in [2.75, 3.05) is 12.4 Å². The van der Waals surface area contributed by atoms with Gasteiger partial charge in [-0.15, -0.1) is 0 Å². The third-order valence-corrected chi connectivity index (χ3v) is 4.58. The number of benzene rings is 1. The summed E-state index contributed by atoms with van der Waals surface area (Å²) in [5.74, 6) is 2.02. The fraction of sp³-hybridized carbons (Fsp3) is 0.100. The maximum Gasteiger partial charge on any atom is 0.165 e. The molecule has 5 aromatic rings. The van der Waals surface area contributed by atoms with Crippen LogP contribution in [-0.4, -0.2) is 36.8 Å². The summed E-state index contributed by atoms with van der Waals surface area (Å²) in [6.07, 6.45) is 5.39. The molecule has 4 heterocycles. The summed E-state index contributed by atoms with van der Waals surface area (Å²) in [5, 5.41) is 9.55. The molecule has 28 heavy (non-hydrogen) atoms. The molecule has 138 valence electrons. The number of nitrogens with one attached hydrogen (secondary N) is 2. The van der Waals surface area contributed by atoms with E-state index < -0.39 is 0 Å². The van der Waals surface area contributed by atoms with Gasteiger partial charge in [0.2, 0.25) is 0 Å². The lowest BCUT2D eigenvalue weighted by atomic mass is 10.2. The molecule has 1 aromatic carbocycles. The van der Waals surface area contributed by atoms with Gasteiger partial charge in [-0.25, -0.2) is 15.0 Å². The number of H-pyrrole nitrogens is 1. The smallest absolute Gasteiger partial charge is 0.165 e. The minimum atomic E-state index is 0.581. The number of aryl methyl sites for hydroxylation is 1. The molecule has 0 radical (unpaired) electrons. The molecule has 0 aliphatic rings. The van der Waals surface area contributed by atoms with Crippen LogP contribution in [0.2, 0.25) is 0 Å². The number of nitrogens with zero attached hydrogens (tertiary/aromatic N) is 5. The molecule has 4 aromatic heterocycles. The number of aromatic nitrogens is 6. The molecule has 0 atom stereocenters. The quantitative estimate of drug-likeness (QED) is 0.501. The third-order valence-electron chi connectivity index (χ3n) is 4.58. The van der Waals surface area contributed by atoms with Crippen LogP contribution in [0.1, 0.15) is 0 Å². The van der Waals surface area contributed by atoms with Crippen LogP contribution >= 0.6 is 0 Å². The van der Waals surface area contributed by atoms with Gasteiger partial charge in [0, 0.05) is 42.1 Å². The lowest BCUT2D eigenvalue weighted by Gasteiger charge is -2.10.